The number of fused-ring (bicyclic) bond motifs is 1. The number of thioether (sulfide) groups is 1. The first kappa shape index (κ1) is 16.1. The van der Waals surface area contributed by atoms with Crippen LogP contribution in [0.25, 0.3) is 0 Å². The minimum Gasteiger partial charge on any atom is -0.273 e. The summed E-state index contributed by atoms with van der Waals surface area (Å²) in [6, 6.07) is 9.83. The van der Waals surface area contributed by atoms with Crippen LogP contribution in [0.3, 0.4) is 0 Å². The van der Waals surface area contributed by atoms with Gasteiger partial charge in [0.25, 0.3) is 17.5 Å². The zero-order chi connectivity index (χ0) is 17.3. The molecule has 1 aliphatic rings. The highest BCUT2D eigenvalue weighted by Gasteiger charge is 2.36. The molecule has 1 aliphatic heterocycles. The number of hydrogen-bond acceptors (Lipinski definition) is 5. The Labute approximate surface area is 140 Å². The van der Waals surface area contributed by atoms with Crippen LogP contribution in [-0.4, -0.2) is 33.9 Å². The standard InChI is InChI=1S/C16H11FN2O4S/c17-13-3-1-2-4-14(13)24-8-7-18-15(20)11-6-5-10(19(22)23)9-12(11)16(18)21/h1-6,9H,7-8H2. The van der Waals surface area contributed by atoms with Gasteiger partial charge in [0.05, 0.1) is 16.1 Å². The zero-order valence-corrected chi connectivity index (χ0v) is 13.1. The van der Waals surface area contributed by atoms with Crippen LogP contribution in [-0.2, 0) is 0 Å². The number of rotatable bonds is 5. The van der Waals surface area contributed by atoms with Crippen molar-refractivity contribution in [2.75, 3.05) is 12.3 Å². The topological polar surface area (TPSA) is 80.5 Å². The molecular formula is C16H11FN2O4S. The van der Waals surface area contributed by atoms with Gasteiger partial charge in [-0.15, -0.1) is 11.8 Å². The lowest BCUT2D eigenvalue weighted by Gasteiger charge is -2.13. The number of amides is 2. The third kappa shape index (κ3) is 2.88. The van der Waals surface area contributed by atoms with Gasteiger partial charge < -0.3 is 0 Å². The summed E-state index contributed by atoms with van der Waals surface area (Å²) in [5.74, 6) is -1.08. The van der Waals surface area contributed by atoms with Crippen molar-refractivity contribution < 1.29 is 18.9 Å². The van der Waals surface area contributed by atoms with Crippen molar-refractivity contribution in [3.05, 3.63) is 69.5 Å². The van der Waals surface area contributed by atoms with Gasteiger partial charge in [-0.25, -0.2) is 4.39 Å². The molecule has 0 N–H and O–H groups in total. The molecule has 1 heterocycles. The fraction of sp³-hybridized carbons (Fsp3) is 0.125. The molecule has 2 amide bonds. The van der Waals surface area contributed by atoms with E-state index in [2.05, 4.69) is 0 Å². The molecule has 24 heavy (non-hydrogen) atoms. The minimum absolute atomic E-state index is 0.0325. The van der Waals surface area contributed by atoms with Gasteiger partial charge in [-0.05, 0) is 18.2 Å². The first-order valence-electron chi connectivity index (χ1n) is 7.01. The number of carbonyl (C=O) groups excluding carboxylic acids is 2. The molecule has 122 valence electrons. The number of carbonyl (C=O) groups is 2. The van der Waals surface area contributed by atoms with E-state index < -0.39 is 16.7 Å². The third-order valence-electron chi connectivity index (χ3n) is 3.57. The molecule has 0 saturated carbocycles. The summed E-state index contributed by atoms with van der Waals surface area (Å²) in [6.45, 7) is 0.0964. The van der Waals surface area contributed by atoms with Crippen LogP contribution in [0.1, 0.15) is 20.7 Å². The van der Waals surface area contributed by atoms with E-state index in [1.54, 1.807) is 18.2 Å². The largest absolute Gasteiger partial charge is 0.273 e. The molecule has 0 spiro atoms. The molecule has 0 bridgehead atoms. The van der Waals surface area contributed by atoms with Crippen LogP contribution in [0.15, 0.2) is 47.4 Å². The average molecular weight is 346 g/mol. The molecule has 0 aliphatic carbocycles. The minimum atomic E-state index is -0.616. The Morgan fingerprint density at radius 3 is 2.50 bits per heavy atom. The lowest BCUT2D eigenvalue weighted by Crippen LogP contribution is -2.31. The van der Waals surface area contributed by atoms with E-state index in [0.29, 0.717) is 10.6 Å². The highest BCUT2D eigenvalue weighted by molar-refractivity contribution is 7.99. The van der Waals surface area contributed by atoms with Crippen LogP contribution in [0.2, 0.25) is 0 Å². The Kier molecular flexibility index (Phi) is 4.30. The Hall–Kier alpha value is -2.74. The lowest BCUT2D eigenvalue weighted by atomic mass is 10.1. The van der Waals surface area contributed by atoms with Crippen molar-refractivity contribution >= 4 is 29.3 Å². The van der Waals surface area contributed by atoms with Gasteiger partial charge in [-0.1, -0.05) is 12.1 Å². The molecule has 0 radical (unpaired) electrons. The highest BCUT2D eigenvalue weighted by Crippen LogP contribution is 2.28. The Morgan fingerprint density at radius 2 is 1.79 bits per heavy atom. The first-order valence-corrected chi connectivity index (χ1v) is 7.99. The van der Waals surface area contributed by atoms with Gasteiger partial charge in [-0.2, -0.15) is 0 Å². The van der Waals surface area contributed by atoms with Crippen LogP contribution in [0, 0.1) is 15.9 Å². The number of nitrogens with zero attached hydrogens (tertiary/aromatic N) is 2. The summed E-state index contributed by atoms with van der Waals surface area (Å²) >= 11 is 1.20. The van der Waals surface area contributed by atoms with E-state index in [0.717, 1.165) is 11.0 Å². The molecule has 0 atom stereocenters. The fourth-order valence-electron chi connectivity index (χ4n) is 2.40. The maximum atomic E-state index is 13.5. The number of hydrogen-bond donors (Lipinski definition) is 0. The number of benzene rings is 2. The molecule has 6 nitrogen and oxygen atoms in total. The average Bonchev–Trinajstić information content (AvgIpc) is 2.81. The van der Waals surface area contributed by atoms with E-state index in [9.17, 15) is 24.1 Å². The van der Waals surface area contributed by atoms with Crippen molar-refractivity contribution in [2.24, 2.45) is 0 Å². The molecule has 0 fully saturated rings. The molecule has 3 rings (SSSR count). The van der Waals surface area contributed by atoms with Crippen molar-refractivity contribution in [2.45, 2.75) is 4.90 Å². The van der Waals surface area contributed by atoms with Gasteiger partial charge in [0.2, 0.25) is 0 Å². The van der Waals surface area contributed by atoms with Crippen molar-refractivity contribution in [3.63, 3.8) is 0 Å². The van der Waals surface area contributed by atoms with Crippen LogP contribution in [0.5, 0.6) is 0 Å². The highest BCUT2D eigenvalue weighted by atomic mass is 32.2. The molecular weight excluding hydrogens is 335 g/mol. The number of nitro groups is 1. The molecule has 0 unspecified atom stereocenters. The predicted octanol–water partition coefficient (Wildman–Crippen LogP) is 3.12. The number of imide groups is 1. The summed E-state index contributed by atoms with van der Waals surface area (Å²) in [6.07, 6.45) is 0. The van der Waals surface area contributed by atoms with Crippen molar-refractivity contribution in [1.82, 2.24) is 4.90 Å². The second-order valence-electron chi connectivity index (χ2n) is 5.03. The quantitative estimate of drug-likeness (QED) is 0.360. The van der Waals surface area contributed by atoms with E-state index in [1.807, 2.05) is 0 Å². The van der Waals surface area contributed by atoms with E-state index in [4.69, 9.17) is 0 Å². The zero-order valence-electron chi connectivity index (χ0n) is 12.3. The Morgan fingerprint density at radius 1 is 1.08 bits per heavy atom. The van der Waals surface area contributed by atoms with E-state index in [-0.39, 0.29) is 29.2 Å². The first-order chi connectivity index (χ1) is 11.5. The van der Waals surface area contributed by atoms with Crippen LogP contribution in [0.4, 0.5) is 10.1 Å². The van der Waals surface area contributed by atoms with Crippen LogP contribution < -0.4 is 0 Å². The SMILES string of the molecule is O=C1c2ccc([N+](=O)[O-])cc2C(=O)N1CCSc1ccccc1F. The number of non-ortho nitro benzene ring substituents is 1. The van der Waals surface area contributed by atoms with E-state index >= 15 is 0 Å². The summed E-state index contributed by atoms with van der Waals surface area (Å²) in [7, 11) is 0. The van der Waals surface area contributed by atoms with Crippen molar-refractivity contribution in [3.8, 4) is 0 Å². The Balaban J connectivity index is 1.72. The fourth-order valence-corrected chi connectivity index (χ4v) is 3.28. The number of halogens is 1. The second kappa shape index (κ2) is 6.40. The normalized spacial score (nSPS) is 13.3. The summed E-state index contributed by atoms with van der Waals surface area (Å²) in [5, 5.41) is 10.8. The lowest BCUT2D eigenvalue weighted by molar-refractivity contribution is -0.384. The van der Waals surface area contributed by atoms with Gasteiger partial charge in [0.1, 0.15) is 5.82 Å². The molecule has 0 aromatic heterocycles. The van der Waals surface area contributed by atoms with Gasteiger partial charge >= 0.3 is 0 Å². The van der Waals surface area contributed by atoms with Gasteiger partial charge in [0, 0.05) is 29.3 Å². The Bertz CT molecular complexity index is 856. The van der Waals surface area contributed by atoms with Crippen LogP contribution >= 0.6 is 11.8 Å². The third-order valence-corrected chi connectivity index (χ3v) is 4.60. The van der Waals surface area contributed by atoms with Gasteiger partial charge in [0.15, 0.2) is 0 Å². The summed E-state index contributed by atoms with van der Waals surface area (Å²) in [5.41, 5.74) is -0.0518. The predicted molar refractivity (Wildman–Crippen MR) is 85.6 cm³/mol. The smallest absolute Gasteiger partial charge is 0.270 e. The monoisotopic (exact) mass is 346 g/mol. The maximum Gasteiger partial charge on any atom is 0.270 e. The molecule has 2 aromatic rings. The van der Waals surface area contributed by atoms with E-state index in [1.165, 1.54) is 30.0 Å². The molecule has 8 heteroatoms. The maximum absolute atomic E-state index is 13.5. The summed E-state index contributed by atoms with van der Waals surface area (Å²) < 4.78 is 13.5. The molecule has 2 aromatic carbocycles. The number of nitro benzene ring substituents is 1. The van der Waals surface area contributed by atoms with Gasteiger partial charge in [-0.3, -0.25) is 24.6 Å². The van der Waals surface area contributed by atoms with Crippen molar-refractivity contribution in [1.29, 1.82) is 0 Å². The molecule has 0 saturated heterocycles. The second-order valence-corrected chi connectivity index (χ2v) is 6.16. The summed E-state index contributed by atoms with van der Waals surface area (Å²) in [4.78, 5) is 36.2.